The summed E-state index contributed by atoms with van der Waals surface area (Å²) in [7, 11) is 0. The van der Waals surface area contributed by atoms with E-state index < -0.39 is 5.41 Å². The maximum Gasteiger partial charge on any atom is 0.0746 e. The van der Waals surface area contributed by atoms with Gasteiger partial charge in [-0.25, -0.2) is 0 Å². The molecule has 0 aliphatic heterocycles. The lowest BCUT2D eigenvalue weighted by molar-refractivity contribution is 0.660. The smallest absolute Gasteiger partial charge is 0.0746 e. The van der Waals surface area contributed by atoms with Crippen LogP contribution in [0.5, 0.6) is 0 Å². The molecule has 0 saturated carbocycles. The van der Waals surface area contributed by atoms with Gasteiger partial charge < -0.3 is 4.90 Å². The minimum Gasteiger partial charge on any atom is -0.310 e. The Balaban J connectivity index is 1.25. The second-order valence-corrected chi connectivity index (χ2v) is 15.2. The van der Waals surface area contributed by atoms with E-state index in [9.17, 15) is 0 Å². The topological polar surface area (TPSA) is 3.24 Å². The van der Waals surface area contributed by atoms with E-state index in [4.69, 9.17) is 0 Å². The SMILES string of the molecule is CC1(C)c2ccccc2-c2cccc(N(c3ccc(-c4ccccc4)cc3)c3cccc4c3C3(c5ccccc5-c5ccccc53)c3ccccc3-4)c21. The zero-order valence-corrected chi connectivity index (χ0v) is 29.8. The highest BCUT2D eigenvalue weighted by Gasteiger charge is 2.53. The molecule has 3 aliphatic rings. The molecule has 250 valence electrons. The van der Waals surface area contributed by atoms with E-state index in [1.807, 2.05) is 0 Å². The first-order valence-corrected chi connectivity index (χ1v) is 18.7. The van der Waals surface area contributed by atoms with E-state index in [1.54, 1.807) is 0 Å². The second-order valence-electron chi connectivity index (χ2n) is 15.2. The zero-order chi connectivity index (χ0) is 35.3. The van der Waals surface area contributed by atoms with Crippen LogP contribution in [0.1, 0.15) is 47.2 Å². The van der Waals surface area contributed by atoms with Gasteiger partial charge in [-0.05, 0) is 96.6 Å². The summed E-state index contributed by atoms with van der Waals surface area (Å²) in [4.78, 5) is 2.58. The predicted octanol–water partition coefficient (Wildman–Crippen LogP) is 13.5. The lowest BCUT2D eigenvalue weighted by Crippen LogP contribution is -2.29. The summed E-state index contributed by atoms with van der Waals surface area (Å²) in [5, 5.41) is 0. The van der Waals surface area contributed by atoms with E-state index >= 15 is 0 Å². The molecule has 0 heterocycles. The van der Waals surface area contributed by atoms with Crippen molar-refractivity contribution in [3.63, 3.8) is 0 Å². The van der Waals surface area contributed by atoms with Crippen molar-refractivity contribution in [2.75, 3.05) is 4.90 Å². The summed E-state index contributed by atoms with van der Waals surface area (Å²) >= 11 is 0. The number of benzene rings is 8. The van der Waals surface area contributed by atoms with Crippen molar-refractivity contribution < 1.29 is 0 Å². The third-order valence-electron chi connectivity index (χ3n) is 12.3. The van der Waals surface area contributed by atoms with Crippen molar-refractivity contribution in [3.05, 3.63) is 221 Å². The lowest BCUT2D eigenvalue weighted by Gasteiger charge is -2.37. The number of hydrogen-bond donors (Lipinski definition) is 0. The maximum absolute atomic E-state index is 2.58. The molecule has 0 atom stereocenters. The lowest BCUT2D eigenvalue weighted by atomic mass is 9.70. The highest BCUT2D eigenvalue weighted by Crippen LogP contribution is 2.66. The Morgan fingerprint density at radius 2 is 0.717 bits per heavy atom. The average Bonchev–Trinajstić information content (AvgIpc) is 3.78. The molecular weight excluding hydrogens is 639 g/mol. The van der Waals surface area contributed by atoms with Crippen molar-refractivity contribution in [1.29, 1.82) is 0 Å². The summed E-state index contributed by atoms with van der Waals surface area (Å²) in [6, 6.07) is 70.1. The van der Waals surface area contributed by atoms with Gasteiger partial charge in [0.25, 0.3) is 0 Å². The van der Waals surface area contributed by atoms with Crippen LogP contribution in [0.3, 0.4) is 0 Å². The van der Waals surface area contributed by atoms with Gasteiger partial charge in [-0.1, -0.05) is 178 Å². The van der Waals surface area contributed by atoms with Crippen molar-refractivity contribution >= 4 is 17.1 Å². The number of fused-ring (bicyclic) bond motifs is 13. The van der Waals surface area contributed by atoms with E-state index in [0.29, 0.717) is 0 Å². The molecule has 0 N–H and O–H groups in total. The van der Waals surface area contributed by atoms with Gasteiger partial charge in [0, 0.05) is 16.7 Å². The van der Waals surface area contributed by atoms with Crippen LogP contribution in [0.25, 0.3) is 44.5 Å². The zero-order valence-electron chi connectivity index (χ0n) is 29.8. The Labute approximate surface area is 311 Å². The standard InChI is InChI=1S/C52H37N/c1-51(2)43-24-10-6-20-39(43)41-22-14-28-47(49(41)51)53(36-32-30-35(31-33-36)34-16-4-3-5-17-34)48-29-15-23-42-40-21-9-13-27-46(40)52(50(42)48)44-25-11-7-18-37(44)38-19-8-12-26-45(38)52/h3-33H,1-2H3. The molecule has 11 rings (SSSR count). The average molecular weight is 676 g/mol. The number of hydrogen-bond acceptors (Lipinski definition) is 1. The van der Waals surface area contributed by atoms with Crippen molar-refractivity contribution in [2.45, 2.75) is 24.7 Å². The minimum absolute atomic E-state index is 0.199. The summed E-state index contributed by atoms with van der Waals surface area (Å²) in [5.74, 6) is 0. The van der Waals surface area contributed by atoms with Gasteiger partial charge in [0.1, 0.15) is 0 Å². The quantitative estimate of drug-likeness (QED) is 0.179. The summed E-state index contributed by atoms with van der Waals surface area (Å²) in [5.41, 5.74) is 21.3. The van der Waals surface area contributed by atoms with Gasteiger partial charge in [-0.3, -0.25) is 0 Å². The van der Waals surface area contributed by atoms with Crippen LogP contribution >= 0.6 is 0 Å². The Morgan fingerprint density at radius 1 is 0.321 bits per heavy atom. The second kappa shape index (κ2) is 11.0. The third-order valence-corrected chi connectivity index (χ3v) is 12.3. The Hall–Kier alpha value is -6.44. The van der Waals surface area contributed by atoms with Gasteiger partial charge in [0.2, 0.25) is 0 Å². The molecule has 53 heavy (non-hydrogen) atoms. The van der Waals surface area contributed by atoms with Crippen molar-refractivity contribution in [3.8, 4) is 44.5 Å². The predicted molar refractivity (Wildman–Crippen MR) is 220 cm³/mol. The molecule has 0 fully saturated rings. The molecule has 3 aliphatic carbocycles. The van der Waals surface area contributed by atoms with E-state index in [1.165, 1.54) is 89.3 Å². The summed E-state index contributed by atoms with van der Waals surface area (Å²) in [6.45, 7) is 4.79. The molecule has 0 amide bonds. The van der Waals surface area contributed by atoms with Crippen molar-refractivity contribution in [2.24, 2.45) is 0 Å². The first-order chi connectivity index (χ1) is 26.1. The Kier molecular flexibility index (Phi) is 6.29. The largest absolute Gasteiger partial charge is 0.310 e. The van der Waals surface area contributed by atoms with Gasteiger partial charge in [0.05, 0.1) is 16.8 Å². The van der Waals surface area contributed by atoms with Crippen molar-refractivity contribution in [1.82, 2.24) is 0 Å². The number of rotatable bonds is 4. The molecule has 0 aromatic heterocycles. The normalized spacial score (nSPS) is 14.5. The Morgan fingerprint density at radius 3 is 1.28 bits per heavy atom. The molecule has 1 nitrogen and oxygen atoms in total. The molecule has 0 bridgehead atoms. The molecule has 1 spiro atoms. The van der Waals surface area contributed by atoms with Crippen LogP contribution < -0.4 is 4.90 Å². The van der Waals surface area contributed by atoms with Crippen LogP contribution in [0.15, 0.2) is 188 Å². The first-order valence-electron chi connectivity index (χ1n) is 18.7. The molecule has 8 aromatic carbocycles. The molecule has 0 saturated heterocycles. The maximum atomic E-state index is 2.58. The van der Waals surface area contributed by atoms with Gasteiger partial charge >= 0.3 is 0 Å². The fourth-order valence-electron chi connectivity index (χ4n) is 10.2. The molecule has 8 aromatic rings. The van der Waals surface area contributed by atoms with Crippen LogP contribution in [-0.4, -0.2) is 0 Å². The van der Waals surface area contributed by atoms with Crippen LogP contribution in [0, 0.1) is 0 Å². The highest BCUT2D eigenvalue weighted by molar-refractivity contribution is 6.00. The first kappa shape index (κ1) is 30.2. The monoisotopic (exact) mass is 675 g/mol. The molecule has 0 radical (unpaired) electrons. The highest BCUT2D eigenvalue weighted by atomic mass is 15.2. The van der Waals surface area contributed by atoms with Gasteiger partial charge in [0.15, 0.2) is 0 Å². The number of anilines is 3. The van der Waals surface area contributed by atoms with Gasteiger partial charge in [-0.15, -0.1) is 0 Å². The van der Waals surface area contributed by atoms with Gasteiger partial charge in [-0.2, -0.15) is 0 Å². The van der Waals surface area contributed by atoms with E-state index in [0.717, 1.165) is 5.69 Å². The molecule has 0 unspecified atom stereocenters. The van der Waals surface area contributed by atoms with E-state index in [-0.39, 0.29) is 5.41 Å². The Bertz CT molecular complexity index is 2690. The minimum atomic E-state index is -0.478. The van der Waals surface area contributed by atoms with E-state index in [2.05, 4.69) is 207 Å². The fraction of sp³-hybridized carbons (Fsp3) is 0.0769. The summed E-state index contributed by atoms with van der Waals surface area (Å²) < 4.78 is 0. The summed E-state index contributed by atoms with van der Waals surface area (Å²) in [6.07, 6.45) is 0. The molecule has 1 heteroatoms. The molecular formula is C52H37N. The van der Waals surface area contributed by atoms with Crippen LogP contribution in [-0.2, 0) is 10.8 Å². The van der Waals surface area contributed by atoms with Crippen LogP contribution in [0.4, 0.5) is 17.1 Å². The number of nitrogens with zero attached hydrogens (tertiary/aromatic N) is 1. The third kappa shape index (κ3) is 3.97. The van der Waals surface area contributed by atoms with Crippen LogP contribution in [0.2, 0.25) is 0 Å². The fourth-order valence-corrected chi connectivity index (χ4v) is 10.2.